The fourth-order valence-electron chi connectivity index (χ4n) is 4.25. The Morgan fingerprint density at radius 3 is 2.35 bits per heavy atom. The highest BCUT2D eigenvalue weighted by Crippen LogP contribution is 2.30. The standard InChI is InChI=1S/C27H32N4O2S/c1-19(2)21-9-11-24(12-10-21)31-25(22-7-5-4-6-8-22)17-28-27(31)34-18-26(33)29-23-13-15-30(16-14-23)20(3)32/h4-12,17,19,23H,13-16,18H2,1-3H3,(H,29,33). The molecule has 0 atom stereocenters. The molecular formula is C27H32N4O2S. The van der Waals surface area contributed by atoms with Crippen LogP contribution in [0.25, 0.3) is 16.9 Å². The van der Waals surface area contributed by atoms with Crippen LogP contribution in [0.1, 0.15) is 45.1 Å². The van der Waals surface area contributed by atoms with Gasteiger partial charge in [-0.3, -0.25) is 14.2 Å². The number of carbonyl (C=O) groups excluding carboxylic acids is 2. The zero-order valence-electron chi connectivity index (χ0n) is 20.0. The predicted octanol–water partition coefficient (Wildman–Crippen LogP) is 4.88. The molecule has 178 valence electrons. The number of likely N-dealkylation sites (tertiary alicyclic amines) is 1. The van der Waals surface area contributed by atoms with Crippen molar-refractivity contribution in [3.63, 3.8) is 0 Å². The highest BCUT2D eigenvalue weighted by Gasteiger charge is 2.22. The van der Waals surface area contributed by atoms with Crippen molar-refractivity contribution in [1.29, 1.82) is 0 Å². The fraction of sp³-hybridized carbons (Fsp3) is 0.370. The summed E-state index contributed by atoms with van der Waals surface area (Å²) in [6, 6.07) is 18.9. The van der Waals surface area contributed by atoms with E-state index in [0.29, 0.717) is 24.8 Å². The number of rotatable bonds is 7. The monoisotopic (exact) mass is 476 g/mol. The number of carbonyl (C=O) groups is 2. The van der Waals surface area contributed by atoms with Gasteiger partial charge >= 0.3 is 0 Å². The molecule has 1 fully saturated rings. The smallest absolute Gasteiger partial charge is 0.230 e. The van der Waals surface area contributed by atoms with Crippen LogP contribution in [0.15, 0.2) is 66.0 Å². The van der Waals surface area contributed by atoms with E-state index in [2.05, 4.69) is 65.1 Å². The lowest BCUT2D eigenvalue weighted by molar-refractivity contribution is -0.130. The quantitative estimate of drug-likeness (QED) is 0.494. The van der Waals surface area contributed by atoms with Crippen molar-refractivity contribution in [2.45, 2.75) is 50.7 Å². The SMILES string of the molecule is CC(=O)N1CCC(NC(=O)CSc2ncc(-c3ccccc3)n2-c2ccc(C(C)C)cc2)CC1. The summed E-state index contributed by atoms with van der Waals surface area (Å²) < 4.78 is 2.13. The van der Waals surface area contributed by atoms with Gasteiger partial charge in [-0.15, -0.1) is 0 Å². The molecule has 0 bridgehead atoms. The third-order valence-corrected chi connectivity index (χ3v) is 7.21. The Bertz CT molecular complexity index is 1120. The van der Waals surface area contributed by atoms with Crippen LogP contribution < -0.4 is 5.32 Å². The first-order chi connectivity index (χ1) is 16.4. The average molecular weight is 477 g/mol. The number of hydrogen-bond donors (Lipinski definition) is 1. The molecule has 34 heavy (non-hydrogen) atoms. The van der Waals surface area contributed by atoms with Crippen LogP contribution in [-0.2, 0) is 9.59 Å². The molecule has 0 saturated carbocycles. The van der Waals surface area contributed by atoms with Crippen molar-refractivity contribution in [2.75, 3.05) is 18.8 Å². The minimum atomic E-state index is -0.00255. The van der Waals surface area contributed by atoms with E-state index in [1.165, 1.54) is 17.3 Å². The molecule has 3 aromatic rings. The zero-order valence-corrected chi connectivity index (χ0v) is 20.8. The topological polar surface area (TPSA) is 67.2 Å². The first-order valence-electron chi connectivity index (χ1n) is 11.8. The Morgan fingerprint density at radius 1 is 1.06 bits per heavy atom. The Kier molecular flexibility index (Phi) is 7.73. The van der Waals surface area contributed by atoms with Crippen molar-refractivity contribution < 1.29 is 9.59 Å². The molecular weight excluding hydrogens is 444 g/mol. The van der Waals surface area contributed by atoms with Crippen molar-refractivity contribution in [1.82, 2.24) is 19.8 Å². The molecule has 1 aliphatic heterocycles. The molecule has 1 saturated heterocycles. The van der Waals surface area contributed by atoms with Gasteiger partial charge in [0.05, 0.1) is 17.6 Å². The summed E-state index contributed by atoms with van der Waals surface area (Å²) in [4.78, 5) is 30.7. The maximum atomic E-state index is 12.7. The zero-order chi connectivity index (χ0) is 24.1. The highest BCUT2D eigenvalue weighted by molar-refractivity contribution is 7.99. The first-order valence-corrected chi connectivity index (χ1v) is 12.8. The van der Waals surface area contributed by atoms with Crippen molar-refractivity contribution in [3.8, 4) is 16.9 Å². The minimum absolute atomic E-state index is 0.00255. The van der Waals surface area contributed by atoms with Crippen molar-refractivity contribution in [2.24, 2.45) is 0 Å². The largest absolute Gasteiger partial charge is 0.353 e. The number of aromatic nitrogens is 2. The molecule has 7 heteroatoms. The van der Waals surface area contributed by atoms with Gasteiger partial charge in [-0.25, -0.2) is 4.98 Å². The van der Waals surface area contributed by atoms with E-state index in [9.17, 15) is 9.59 Å². The Hall–Kier alpha value is -3.06. The van der Waals surface area contributed by atoms with Crippen LogP contribution in [0.4, 0.5) is 0 Å². The molecule has 2 heterocycles. The second-order valence-electron chi connectivity index (χ2n) is 9.01. The van der Waals surface area contributed by atoms with E-state index >= 15 is 0 Å². The van der Waals surface area contributed by atoms with Crippen molar-refractivity contribution >= 4 is 23.6 Å². The number of imidazole rings is 1. The van der Waals surface area contributed by atoms with Gasteiger partial charge in [-0.05, 0) is 36.5 Å². The molecule has 4 rings (SSSR count). The molecule has 1 aliphatic rings. The van der Waals surface area contributed by atoms with Gasteiger partial charge in [0.15, 0.2) is 5.16 Å². The minimum Gasteiger partial charge on any atom is -0.353 e. The van der Waals surface area contributed by atoms with Gasteiger partial charge in [-0.1, -0.05) is 68.1 Å². The Morgan fingerprint density at radius 2 is 1.74 bits per heavy atom. The van der Waals surface area contributed by atoms with E-state index in [1.54, 1.807) is 6.92 Å². The summed E-state index contributed by atoms with van der Waals surface area (Å²) in [5, 5.41) is 3.92. The number of hydrogen-bond acceptors (Lipinski definition) is 4. The van der Waals surface area contributed by atoms with Gasteiger partial charge in [0.25, 0.3) is 0 Å². The van der Waals surface area contributed by atoms with Crippen LogP contribution >= 0.6 is 11.8 Å². The van der Waals surface area contributed by atoms with Gasteiger partial charge in [0.1, 0.15) is 0 Å². The second-order valence-corrected chi connectivity index (χ2v) is 9.95. The van der Waals surface area contributed by atoms with Crippen LogP contribution in [0.5, 0.6) is 0 Å². The average Bonchev–Trinajstić information content (AvgIpc) is 3.27. The van der Waals surface area contributed by atoms with E-state index < -0.39 is 0 Å². The molecule has 2 amide bonds. The highest BCUT2D eigenvalue weighted by atomic mass is 32.2. The molecule has 0 spiro atoms. The number of thioether (sulfide) groups is 1. The van der Waals surface area contributed by atoms with E-state index in [1.807, 2.05) is 29.3 Å². The number of nitrogens with one attached hydrogen (secondary N) is 1. The lowest BCUT2D eigenvalue weighted by Crippen LogP contribution is -2.46. The summed E-state index contributed by atoms with van der Waals surface area (Å²) in [5.41, 5.74) is 4.39. The number of benzene rings is 2. The molecule has 1 aromatic heterocycles. The van der Waals surface area contributed by atoms with E-state index in [-0.39, 0.29) is 17.9 Å². The number of nitrogens with zero attached hydrogens (tertiary/aromatic N) is 3. The third-order valence-electron chi connectivity index (χ3n) is 6.25. The molecule has 6 nitrogen and oxygen atoms in total. The van der Waals surface area contributed by atoms with Gasteiger partial charge in [0, 0.05) is 37.3 Å². The normalized spacial score (nSPS) is 14.4. The van der Waals surface area contributed by atoms with Gasteiger partial charge in [-0.2, -0.15) is 0 Å². The van der Waals surface area contributed by atoms with Gasteiger partial charge in [0.2, 0.25) is 11.8 Å². The van der Waals surface area contributed by atoms with E-state index in [0.717, 1.165) is 34.9 Å². The first kappa shape index (κ1) is 24.1. The van der Waals surface area contributed by atoms with Crippen molar-refractivity contribution in [3.05, 3.63) is 66.4 Å². The van der Waals surface area contributed by atoms with Crippen LogP contribution in [0.3, 0.4) is 0 Å². The Balaban J connectivity index is 1.49. The Labute approximate surface area is 205 Å². The third kappa shape index (κ3) is 5.70. The summed E-state index contributed by atoms with van der Waals surface area (Å²) in [7, 11) is 0. The molecule has 1 N–H and O–H groups in total. The summed E-state index contributed by atoms with van der Waals surface area (Å²) in [6.07, 6.45) is 3.47. The lowest BCUT2D eigenvalue weighted by Gasteiger charge is -2.31. The van der Waals surface area contributed by atoms with E-state index in [4.69, 9.17) is 0 Å². The lowest BCUT2D eigenvalue weighted by atomic mass is 10.0. The maximum absolute atomic E-state index is 12.7. The molecule has 0 unspecified atom stereocenters. The summed E-state index contributed by atoms with van der Waals surface area (Å²) >= 11 is 1.45. The number of piperidine rings is 1. The van der Waals surface area contributed by atoms with Crippen LogP contribution in [0.2, 0.25) is 0 Å². The van der Waals surface area contributed by atoms with Crippen LogP contribution in [0, 0.1) is 0 Å². The molecule has 0 aliphatic carbocycles. The van der Waals surface area contributed by atoms with Crippen LogP contribution in [-0.4, -0.2) is 51.1 Å². The molecule has 2 aromatic carbocycles. The number of amides is 2. The second kappa shape index (κ2) is 10.9. The predicted molar refractivity (Wildman–Crippen MR) is 137 cm³/mol. The molecule has 0 radical (unpaired) electrons. The summed E-state index contributed by atoms with van der Waals surface area (Å²) in [5.74, 6) is 0.854. The maximum Gasteiger partial charge on any atom is 0.230 e. The van der Waals surface area contributed by atoms with Gasteiger partial charge < -0.3 is 10.2 Å². The fourth-order valence-corrected chi connectivity index (χ4v) is 5.05. The summed E-state index contributed by atoms with van der Waals surface area (Å²) in [6.45, 7) is 7.37.